The number of hydrogen-bond acceptors (Lipinski definition) is 1. The summed E-state index contributed by atoms with van der Waals surface area (Å²) in [6.45, 7) is 2.36. The van der Waals surface area contributed by atoms with E-state index in [-0.39, 0.29) is 0 Å². The van der Waals surface area contributed by atoms with Crippen molar-refractivity contribution >= 4 is 0 Å². The number of fused-ring (bicyclic) bond motifs is 1. The topological polar surface area (TPSA) is 26.0 Å². The maximum Gasteiger partial charge on any atom is 0.0107 e. The van der Waals surface area contributed by atoms with Gasteiger partial charge in [0.25, 0.3) is 0 Å². The van der Waals surface area contributed by atoms with Crippen molar-refractivity contribution < 1.29 is 0 Å². The molecule has 0 amide bonds. The molecule has 3 fully saturated rings. The van der Waals surface area contributed by atoms with Crippen LogP contribution in [0.15, 0.2) is 0 Å². The van der Waals surface area contributed by atoms with Gasteiger partial charge in [-0.15, -0.1) is 0 Å². The quantitative estimate of drug-likeness (QED) is 0.480. The van der Waals surface area contributed by atoms with E-state index in [0.29, 0.717) is 6.04 Å². The lowest BCUT2D eigenvalue weighted by Gasteiger charge is -2.39. The zero-order valence-electron chi connectivity index (χ0n) is 5.04. The van der Waals surface area contributed by atoms with Crippen molar-refractivity contribution in [3.63, 3.8) is 0 Å². The van der Waals surface area contributed by atoms with E-state index in [1.165, 1.54) is 0 Å². The monoisotopic (exact) mass is 109 g/mol. The van der Waals surface area contributed by atoms with Crippen molar-refractivity contribution in [2.75, 3.05) is 0 Å². The third-order valence-corrected chi connectivity index (χ3v) is 3.74. The Morgan fingerprint density at radius 1 is 1.00 bits per heavy atom. The molecule has 0 bridgehead atoms. The van der Waals surface area contributed by atoms with E-state index in [1.54, 1.807) is 0 Å². The summed E-state index contributed by atoms with van der Waals surface area (Å²) in [5, 5.41) is 0. The van der Waals surface area contributed by atoms with E-state index in [2.05, 4.69) is 6.92 Å². The van der Waals surface area contributed by atoms with Gasteiger partial charge in [0.2, 0.25) is 0 Å². The Labute approximate surface area is 49.3 Å². The van der Waals surface area contributed by atoms with Crippen LogP contribution in [0, 0.1) is 29.6 Å². The second-order valence-corrected chi connectivity index (χ2v) is 3.75. The molecule has 1 nitrogen and oxygen atoms in total. The van der Waals surface area contributed by atoms with Crippen LogP contribution in [0.5, 0.6) is 0 Å². The van der Waals surface area contributed by atoms with Crippen molar-refractivity contribution in [2.24, 2.45) is 35.3 Å². The first-order valence-corrected chi connectivity index (χ1v) is 3.58. The van der Waals surface area contributed by atoms with Crippen molar-refractivity contribution in [2.45, 2.75) is 13.0 Å². The first-order valence-electron chi connectivity index (χ1n) is 3.58. The van der Waals surface area contributed by atoms with Gasteiger partial charge in [0.15, 0.2) is 0 Å². The molecule has 0 radical (unpaired) electrons. The molecule has 3 saturated carbocycles. The molecular weight excluding hydrogens is 98.1 g/mol. The van der Waals surface area contributed by atoms with E-state index in [0.717, 1.165) is 29.6 Å². The summed E-state index contributed by atoms with van der Waals surface area (Å²) in [5.74, 6) is 5.18. The molecule has 0 saturated heterocycles. The largest absolute Gasteiger partial charge is 0.327 e. The van der Waals surface area contributed by atoms with Crippen LogP contribution in [-0.4, -0.2) is 6.04 Å². The number of rotatable bonds is 0. The molecule has 3 aliphatic carbocycles. The zero-order chi connectivity index (χ0) is 5.46. The summed E-state index contributed by atoms with van der Waals surface area (Å²) in [4.78, 5) is 0. The van der Waals surface area contributed by atoms with E-state index in [9.17, 15) is 0 Å². The molecule has 8 heavy (non-hydrogen) atoms. The second-order valence-electron chi connectivity index (χ2n) is 3.75. The highest BCUT2D eigenvalue weighted by molar-refractivity contribution is 5.29. The molecular formula is C7H11N. The minimum absolute atomic E-state index is 0.625. The molecule has 6 atom stereocenters. The van der Waals surface area contributed by atoms with Gasteiger partial charge in [-0.1, -0.05) is 6.92 Å². The average Bonchev–Trinajstić information content (AvgIpc) is 2.21. The van der Waals surface area contributed by atoms with Crippen LogP contribution in [0.25, 0.3) is 0 Å². The lowest BCUT2D eigenvalue weighted by atomic mass is 9.69. The molecule has 0 aromatic heterocycles. The van der Waals surface area contributed by atoms with Gasteiger partial charge in [0, 0.05) is 6.04 Å². The van der Waals surface area contributed by atoms with Crippen molar-refractivity contribution in [3.05, 3.63) is 0 Å². The molecule has 44 valence electrons. The Bertz CT molecular complexity index is 134. The summed E-state index contributed by atoms with van der Waals surface area (Å²) >= 11 is 0. The number of nitrogens with two attached hydrogens (primary N) is 1. The van der Waals surface area contributed by atoms with Crippen LogP contribution in [0.4, 0.5) is 0 Å². The van der Waals surface area contributed by atoms with Gasteiger partial charge < -0.3 is 5.73 Å². The SMILES string of the molecule is CC1C2C(N)[C@H]3C1C23. The van der Waals surface area contributed by atoms with E-state index < -0.39 is 0 Å². The lowest BCUT2D eigenvalue weighted by molar-refractivity contribution is 0.120. The molecule has 0 aliphatic heterocycles. The highest BCUT2D eigenvalue weighted by Crippen LogP contribution is 2.79. The van der Waals surface area contributed by atoms with E-state index in [1.807, 2.05) is 0 Å². The summed E-state index contributed by atoms with van der Waals surface area (Å²) in [5.41, 5.74) is 5.84. The van der Waals surface area contributed by atoms with Gasteiger partial charge >= 0.3 is 0 Å². The van der Waals surface area contributed by atoms with Gasteiger partial charge in [0.05, 0.1) is 0 Å². The highest BCUT2D eigenvalue weighted by atomic mass is 14.9. The predicted molar refractivity (Wildman–Crippen MR) is 31.1 cm³/mol. The maximum absolute atomic E-state index is 5.84. The average molecular weight is 109 g/mol. The summed E-state index contributed by atoms with van der Waals surface area (Å²) in [7, 11) is 0. The fourth-order valence-electron chi connectivity index (χ4n) is 3.29. The molecule has 3 rings (SSSR count). The Kier molecular flexibility index (Phi) is 0.372. The Morgan fingerprint density at radius 3 is 1.88 bits per heavy atom. The van der Waals surface area contributed by atoms with Gasteiger partial charge in [-0.05, 0) is 29.6 Å². The van der Waals surface area contributed by atoms with E-state index >= 15 is 0 Å². The molecule has 5 unspecified atom stereocenters. The number of hydrogen-bond donors (Lipinski definition) is 1. The summed E-state index contributed by atoms with van der Waals surface area (Å²) < 4.78 is 0. The standard InChI is InChI=1S/C7H11N/c1-2-3-5-4(2)7(8)6(3)5/h2-7H,8H2,1H3/t2?,3?,4?,5?,6-,7?/m0/s1. The summed E-state index contributed by atoms with van der Waals surface area (Å²) in [6, 6.07) is 0.625. The first-order chi connectivity index (χ1) is 3.82. The minimum atomic E-state index is 0.625. The van der Waals surface area contributed by atoms with Crippen LogP contribution in [0.2, 0.25) is 0 Å². The van der Waals surface area contributed by atoms with Gasteiger partial charge in [-0.25, -0.2) is 0 Å². The molecule has 0 spiro atoms. The van der Waals surface area contributed by atoms with Crippen LogP contribution >= 0.6 is 0 Å². The van der Waals surface area contributed by atoms with Gasteiger partial charge in [-0.2, -0.15) is 0 Å². The van der Waals surface area contributed by atoms with Crippen LogP contribution < -0.4 is 5.73 Å². The Morgan fingerprint density at radius 2 is 1.75 bits per heavy atom. The minimum Gasteiger partial charge on any atom is -0.327 e. The fourth-order valence-corrected chi connectivity index (χ4v) is 3.29. The van der Waals surface area contributed by atoms with Crippen LogP contribution in [0.3, 0.4) is 0 Å². The third kappa shape index (κ3) is 0.163. The smallest absolute Gasteiger partial charge is 0.0107 e. The molecule has 0 aromatic carbocycles. The third-order valence-electron chi connectivity index (χ3n) is 3.74. The maximum atomic E-state index is 5.84. The first kappa shape index (κ1) is 3.89. The van der Waals surface area contributed by atoms with Crippen molar-refractivity contribution in [1.29, 1.82) is 0 Å². The zero-order valence-corrected chi connectivity index (χ0v) is 5.04. The second kappa shape index (κ2) is 0.766. The molecule has 0 heterocycles. The highest BCUT2D eigenvalue weighted by Gasteiger charge is 2.79. The Hall–Kier alpha value is -0.0400. The Balaban J connectivity index is 2.01. The van der Waals surface area contributed by atoms with Crippen LogP contribution in [0.1, 0.15) is 6.92 Å². The fraction of sp³-hybridized carbons (Fsp3) is 1.00. The molecule has 3 aliphatic rings. The molecule has 0 aromatic rings. The molecule has 1 heteroatoms. The molecule has 2 N–H and O–H groups in total. The predicted octanol–water partition coefficient (Wildman–Crippen LogP) is 0.455. The van der Waals surface area contributed by atoms with Gasteiger partial charge in [-0.3, -0.25) is 0 Å². The van der Waals surface area contributed by atoms with Gasteiger partial charge in [0.1, 0.15) is 0 Å². The summed E-state index contributed by atoms with van der Waals surface area (Å²) in [6.07, 6.45) is 0. The van der Waals surface area contributed by atoms with E-state index in [4.69, 9.17) is 5.73 Å². The van der Waals surface area contributed by atoms with Crippen molar-refractivity contribution in [3.8, 4) is 0 Å². The van der Waals surface area contributed by atoms with Crippen LogP contribution in [-0.2, 0) is 0 Å². The van der Waals surface area contributed by atoms with Crippen molar-refractivity contribution in [1.82, 2.24) is 0 Å². The lowest BCUT2D eigenvalue weighted by Crippen LogP contribution is -2.46. The normalized spacial score (nSPS) is 81.8.